The molecule has 0 aliphatic heterocycles. The van der Waals surface area contributed by atoms with E-state index in [1.165, 1.54) is 5.56 Å². The molecule has 0 spiro atoms. The quantitative estimate of drug-likeness (QED) is 0.691. The van der Waals surface area contributed by atoms with Gasteiger partial charge in [0.05, 0.1) is 0 Å². The van der Waals surface area contributed by atoms with Gasteiger partial charge in [-0.05, 0) is 43.7 Å². The molecule has 3 rings (SSSR count). The van der Waals surface area contributed by atoms with Crippen molar-refractivity contribution in [3.8, 4) is 0 Å². The molecule has 2 aromatic carbocycles. The Labute approximate surface area is 157 Å². The van der Waals surface area contributed by atoms with E-state index >= 15 is 0 Å². The van der Waals surface area contributed by atoms with E-state index in [4.69, 9.17) is 11.6 Å². The first-order valence-electron chi connectivity index (χ1n) is 8.21. The number of rotatable bonds is 5. The van der Waals surface area contributed by atoms with Crippen molar-refractivity contribution < 1.29 is 4.79 Å². The number of anilines is 2. The Balaban J connectivity index is 1.72. The van der Waals surface area contributed by atoms with E-state index in [1.54, 1.807) is 37.3 Å². The van der Waals surface area contributed by atoms with Gasteiger partial charge in [0.25, 0.3) is 5.91 Å². The Morgan fingerprint density at radius 2 is 1.81 bits per heavy atom. The summed E-state index contributed by atoms with van der Waals surface area (Å²) < 4.78 is 0. The van der Waals surface area contributed by atoms with Crippen molar-refractivity contribution in [1.82, 2.24) is 9.97 Å². The Bertz CT molecular complexity index is 925. The Morgan fingerprint density at radius 3 is 2.54 bits per heavy atom. The molecule has 0 bridgehead atoms. The average Bonchev–Trinajstić information content (AvgIpc) is 2.61. The predicted molar refractivity (Wildman–Crippen MR) is 105 cm³/mol. The molecule has 6 heteroatoms. The molecular formula is C20H19ClN4O. The molecule has 0 aliphatic carbocycles. The minimum Gasteiger partial charge on any atom is -0.366 e. The molecule has 0 fully saturated rings. The fraction of sp³-hybridized carbons (Fsp3) is 0.150. The van der Waals surface area contributed by atoms with Crippen LogP contribution in [0, 0.1) is 13.8 Å². The van der Waals surface area contributed by atoms with Gasteiger partial charge in [-0.2, -0.15) is 0 Å². The fourth-order valence-electron chi connectivity index (χ4n) is 2.52. The van der Waals surface area contributed by atoms with Crippen LogP contribution in [0.1, 0.15) is 27.4 Å². The lowest BCUT2D eigenvalue weighted by atomic mass is 10.1. The van der Waals surface area contributed by atoms with Gasteiger partial charge in [-0.3, -0.25) is 4.79 Å². The molecule has 0 atom stereocenters. The van der Waals surface area contributed by atoms with Crippen LogP contribution in [0.15, 0.2) is 54.6 Å². The van der Waals surface area contributed by atoms with E-state index in [2.05, 4.69) is 39.7 Å². The Hall–Kier alpha value is -2.92. The third kappa shape index (κ3) is 4.80. The summed E-state index contributed by atoms with van der Waals surface area (Å²) in [5.41, 5.74) is 3.31. The molecular weight excluding hydrogens is 348 g/mol. The summed E-state index contributed by atoms with van der Waals surface area (Å²) in [5, 5.41) is 6.67. The second kappa shape index (κ2) is 7.97. The maximum atomic E-state index is 12.5. The van der Waals surface area contributed by atoms with Crippen LogP contribution in [-0.4, -0.2) is 15.9 Å². The highest BCUT2D eigenvalue weighted by atomic mass is 35.5. The highest BCUT2D eigenvalue weighted by Crippen LogP contribution is 2.15. The molecule has 1 amide bonds. The van der Waals surface area contributed by atoms with Crippen LogP contribution in [0.4, 0.5) is 11.5 Å². The lowest BCUT2D eigenvalue weighted by Crippen LogP contribution is -2.15. The van der Waals surface area contributed by atoms with E-state index < -0.39 is 0 Å². The first kappa shape index (κ1) is 17.9. The lowest BCUT2D eigenvalue weighted by Gasteiger charge is -2.10. The maximum absolute atomic E-state index is 12.5. The molecule has 1 aromatic heterocycles. The van der Waals surface area contributed by atoms with Gasteiger partial charge in [0.2, 0.25) is 0 Å². The number of aryl methyl sites for hydroxylation is 2. The molecule has 3 aromatic rings. The summed E-state index contributed by atoms with van der Waals surface area (Å²) >= 11 is 5.86. The summed E-state index contributed by atoms with van der Waals surface area (Å²) in [7, 11) is 0. The minimum absolute atomic E-state index is 0.295. The molecule has 2 N–H and O–H groups in total. The molecule has 0 saturated heterocycles. The summed E-state index contributed by atoms with van der Waals surface area (Å²) in [6.07, 6.45) is 0. The number of amides is 1. The number of hydrogen-bond donors (Lipinski definition) is 2. The lowest BCUT2D eigenvalue weighted by molar-refractivity contribution is 0.102. The largest absolute Gasteiger partial charge is 0.366 e. The van der Waals surface area contributed by atoms with Gasteiger partial charge < -0.3 is 10.6 Å². The van der Waals surface area contributed by atoms with Crippen molar-refractivity contribution in [2.75, 3.05) is 10.6 Å². The van der Waals surface area contributed by atoms with Crippen LogP contribution in [0.2, 0.25) is 5.02 Å². The Kier molecular flexibility index (Phi) is 5.49. The predicted octanol–water partition coefficient (Wildman–Crippen LogP) is 4.61. The second-order valence-electron chi connectivity index (χ2n) is 5.99. The first-order valence-corrected chi connectivity index (χ1v) is 8.59. The fourth-order valence-corrected chi connectivity index (χ4v) is 2.64. The minimum atomic E-state index is -0.295. The van der Waals surface area contributed by atoms with Gasteiger partial charge >= 0.3 is 0 Å². The van der Waals surface area contributed by atoms with Crippen LogP contribution >= 0.6 is 11.6 Å². The van der Waals surface area contributed by atoms with E-state index in [-0.39, 0.29) is 5.91 Å². The third-order valence-electron chi connectivity index (χ3n) is 3.73. The zero-order valence-electron chi connectivity index (χ0n) is 14.6. The van der Waals surface area contributed by atoms with E-state index in [0.29, 0.717) is 34.6 Å². The number of halogens is 1. The molecule has 0 saturated carbocycles. The number of benzene rings is 2. The Morgan fingerprint density at radius 1 is 1.04 bits per heavy atom. The molecule has 5 nitrogen and oxygen atoms in total. The maximum Gasteiger partial charge on any atom is 0.274 e. The van der Waals surface area contributed by atoms with Crippen molar-refractivity contribution in [1.29, 1.82) is 0 Å². The van der Waals surface area contributed by atoms with Crippen LogP contribution < -0.4 is 10.6 Å². The monoisotopic (exact) mass is 366 g/mol. The van der Waals surface area contributed by atoms with Crippen molar-refractivity contribution in [3.63, 3.8) is 0 Å². The van der Waals surface area contributed by atoms with Gasteiger partial charge in [0.15, 0.2) is 0 Å². The van der Waals surface area contributed by atoms with E-state index in [9.17, 15) is 4.79 Å². The van der Waals surface area contributed by atoms with Crippen molar-refractivity contribution in [2.45, 2.75) is 20.4 Å². The highest BCUT2D eigenvalue weighted by molar-refractivity contribution is 6.30. The first-order chi connectivity index (χ1) is 12.5. The van der Waals surface area contributed by atoms with Crippen molar-refractivity contribution >= 4 is 29.0 Å². The smallest absolute Gasteiger partial charge is 0.274 e. The summed E-state index contributed by atoms with van der Waals surface area (Å²) in [5.74, 6) is 0.845. The number of carbonyl (C=O) groups is 1. The van der Waals surface area contributed by atoms with E-state index in [0.717, 1.165) is 5.56 Å². The SMILES string of the molecule is Cc1cccc(CNc2cc(C(=O)Nc3ccc(Cl)cc3)nc(C)n2)c1. The zero-order chi connectivity index (χ0) is 18.5. The molecule has 132 valence electrons. The van der Waals surface area contributed by atoms with Crippen LogP contribution in [-0.2, 0) is 6.54 Å². The van der Waals surface area contributed by atoms with Gasteiger partial charge in [-0.15, -0.1) is 0 Å². The number of carbonyl (C=O) groups excluding carboxylic acids is 1. The zero-order valence-corrected chi connectivity index (χ0v) is 15.3. The molecule has 1 heterocycles. The average molecular weight is 367 g/mol. The standard InChI is InChI=1S/C20H19ClN4O/c1-13-4-3-5-15(10-13)12-22-19-11-18(23-14(2)24-19)20(26)25-17-8-6-16(21)7-9-17/h3-11H,12H2,1-2H3,(H,25,26)(H,22,23,24). The molecule has 0 aliphatic rings. The summed E-state index contributed by atoms with van der Waals surface area (Å²) in [6, 6.07) is 16.8. The number of nitrogens with one attached hydrogen (secondary N) is 2. The normalized spacial score (nSPS) is 10.4. The number of hydrogen-bond acceptors (Lipinski definition) is 4. The van der Waals surface area contributed by atoms with E-state index in [1.807, 2.05) is 12.1 Å². The van der Waals surface area contributed by atoms with Crippen molar-refractivity contribution in [3.05, 3.63) is 82.3 Å². The summed E-state index contributed by atoms with van der Waals surface area (Å²) in [4.78, 5) is 21.0. The van der Waals surface area contributed by atoms with Gasteiger partial charge in [0.1, 0.15) is 17.3 Å². The molecule has 0 unspecified atom stereocenters. The second-order valence-corrected chi connectivity index (χ2v) is 6.43. The van der Waals surface area contributed by atoms with Gasteiger partial charge in [-0.1, -0.05) is 41.4 Å². The summed E-state index contributed by atoms with van der Waals surface area (Å²) in [6.45, 7) is 4.44. The third-order valence-corrected chi connectivity index (χ3v) is 3.98. The van der Waals surface area contributed by atoms with Crippen LogP contribution in [0.25, 0.3) is 0 Å². The van der Waals surface area contributed by atoms with Crippen molar-refractivity contribution in [2.24, 2.45) is 0 Å². The number of nitrogens with zero attached hydrogens (tertiary/aromatic N) is 2. The number of aromatic nitrogens is 2. The molecule has 0 radical (unpaired) electrons. The van der Waals surface area contributed by atoms with Crippen LogP contribution in [0.5, 0.6) is 0 Å². The van der Waals surface area contributed by atoms with Gasteiger partial charge in [0, 0.05) is 23.3 Å². The highest BCUT2D eigenvalue weighted by Gasteiger charge is 2.11. The van der Waals surface area contributed by atoms with Gasteiger partial charge in [-0.25, -0.2) is 9.97 Å². The van der Waals surface area contributed by atoms with Crippen LogP contribution in [0.3, 0.4) is 0 Å². The molecule has 26 heavy (non-hydrogen) atoms. The topological polar surface area (TPSA) is 66.9 Å².